The number of hydrogen-bond acceptors (Lipinski definition) is 7. The summed E-state index contributed by atoms with van der Waals surface area (Å²) in [5, 5.41) is 7.17. The van der Waals surface area contributed by atoms with Crippen LogP contribution in [-0.2, 0) is 14.3 Å². The van der Waals surface area contributed by atoms with Crippen LogP contribution in [0.1, 0.15) is 28.2 Å². The molecule has 8 nitrogen and oxygen atoms in total. The topological polar surface area (TPSA) is 97.0 Å². The van der Waals surface area contributed by atoms with Gasteiger partial charge in [-0.2, -0.15) is 0 Å². The summed E-state index contributed by atoms with van der Waals surface area (Å²) in [6, 6.07) is 9.46. The molecule has 0 fully saturated rings. The molecule has 9 heteroatoms. The Morgan fingerprint density at radius 1 is 1.13 bits per heavy atom. The number of esters is 2. The molecule has 0 saturated heterocycles. The maximum atomic E-state index is 12.6. The van der Waals surface area contributed by atoms with E-state index in [4.69, 9.17) is 9.47 Å². The van der Waals surface area contributed by atoms with Crippen molar-refractivity contribution in [3.63, 3.8) is 0 Å². The summed E-state index contributed by atoms with van der Waals surface area (Å²) in [5.74, 6) is -1.14. The maximum absolute atomic E-state index is 12.6. The van der Waals surface area contributed by atoms with Gasteiger partial charge in [0.25, 0.3) is 0 Å². The predicted octanol–water partition coefficient (Wildman–Crippen LogP) is 2.84. The zero-order valence-electron chi connectivity index (χ0n) is 16.9. The van der Waals surface area contributed by atoms with Gasteiger partial charge in [0.15, 0.2) is 0 Å². The summed E-state index contributed by atoms with van der Waals surface area (Å²) < 4.78 is 10.6. The molecule has 0 saturated carbocycles. The number of benzene rings is 1. The molecule has 2 aromatic rings. The molecule has 1 atom stereocenters. The van der Waals surface area contributed by atoms with Gasteiger partial charge in [-0.1, -0.05) is 12.1 Å². The molecule has 0 aliphatic carbocycles. The van der Waals surface area contributed by atoms with E-state index in [2.05, 4.69) is 10.6 Å². The van der Waals surface area contributed by atoms with Crippen LogP contribution >= 0.6 is 11.3 Å². The molecule has 1 aliphatic rings. The highest BCUT2D eigenvalue weighted by atomic mass is 32.1. The predicted molar refractivity (Wildman–Crippen MR) is 113 cm³/mol. The van der Waals surface area contributed by atoms with Gasteiger partial charge in [-0.3, -0.25) is 0 Å². The molecule has 0 spiro atoms. The standard InChI is InChI=1S/C21H23N3O5S/c1-4-28-20(26)17-15(22-21(27)23-18(17)16-9-6-10-30-16)12-29-19(25)13-7-5-8-14(11-13)24(2)3/h5-11,18H,4,12H2,1-3H3,(H2,22,23,27). The second-order valence-corrected chi connectivity index (χ2v) is 7.66. The Hall–Kier alpha value is -3.33. The Kier molecular flexibility index (Phi) is 6.73. The number of thiophene rings is 1. The van der Waals surface area contributed by atoms with Crippen molar-refractivity contribution in [2.24, 2.45) is 0 Å². The van der Waals surface area contributed by atoms with Crippen molar-refractivity contribution >= 4 is 35.0 Å². The van der Waals surface area contributed by atoms with Crippen molar-refractivity contribution in [1.82, 2.24) is 10.6 Å². The summed E-state index contributed by atoms with van der Waals surface area (Å²) in [5.41, 5.74) is 1.64. The molecule has 2 heterocycles. The van der Waals surface area contributed by atoms with E-state index in [1.165, 1.54) is 11.3 Å². The van der Waals surface area contributed by atoms with Crippen LogP contribution in [0.5, 0.6) is 0 Å². The fourth-order valence-corrected chi connectivity index (χ4v) is 3.77. The lowest BCUT2D eigenvalue weighted by atomic mass is 10.0. The van der Waals surface area contributed by atoms with Gasteiger partial charge in [-0.05, 0) is 36.6 Å². The second-order valence-electron chi connectivity index (χ2n) is 6.68. The lowest BCUT2D eigenvalue weighted by Crippen LogP contribution is -2.46. The Labute approximate surface area is 178 Å². The highest BCUT2D eigenvalue weighted by Gasteiger charge is 2.34. The molecule has 158 valence electrons. The van der Waals surface area contributed by atoms with Crippen LogP contribution in [0.2, 0.25) is 0 Å². The van der Waals surface area contributed by atoms with Crippen molar-refractivity contribution in [3.05, 3.63) is 63.5 Å². The van der Waals surface area contributed by atoms with Crippen molar-refractivity contribution in [2.75, 3.05) is 32.2 Å². The number of anilines is 1. The molecule has 3 rings (SSSR count). The molecule has 0 radical (unpaired) electrons. The van der Waals surface area contributed by atoms with E-state index >= 15 is 0 Å². The average Bonchev–Trinajstić information content (AvgIpc) is 3.26. The van der Waals surface area contributed by atoms with Crippen LogP contribution < -0.4 is 15.5 Å². The highest BCUT2D eigenvalue weighted by molar-refractivity contribution is 7.10. The van der Waals surface area contributed by atoms with Crippen LogP contribution in [0.4, 0.5) is 10.5 Å². The second kappa shape index (κ2) is 9.45. The van der Waals surface area contributed by atoms with E-state index in [9.17, 15) is 14.4 Å². The first-order valence-corrected chi connectivity index (χ1v) is 10.2. The van der Waals surface area contributed by atoms with Crippen molar-refractivity contribution in [3.8, 4) is 0 Å². The zero-order valence-corrected chi connectivity index (χ0v) is 17.7. The first kappa shape index (κ1) is 21.4. The van der Waals surface area contributed by atoms with Crippen LogP contribution in [0.3, 0.4) is 0 Å². The third-order valence-corrected chi connectivity index (χ3v) is 5.36. The quantitative estimate of drug-likeness (QED) is 0.657. The van der Waals surface area contributed by atoms with E-state index in [1.54, 1.807) is 25.1 Å². The van der Waals surface area contributed by atoms with Crippen LogP contribution in [0.15, 0.2) is 53.0 Å². The van der Waals surface area contributed by atoms with Gasteiger partial charge in [0.2, 0.25) is 0 Å². The third-order valence-electron chi connectivity index (χ3n) is 4.42. The molecule has 30 heavy (non-hydrogen) atoms. The lowest BCUT2D eigenvalue weighted by molar-refractivity contribution is -0.139. The lowest BCUT2D eigenvalue weighted by Gasteiger charge is -2.28. The van der Waals surface area contributed by atoms with Gasteiger partial charge in [0.1, 0.15) is 6.61 Å². The first-order chi connectivity index (χ1) is 14.4. The number of hydrogen-bond donors (Lipinski definition) is 2. The number of rotatable bonds is 7. The van der Waals surface area contributed by atoms with Crippen LogP contribution in [-0.4, -0.2) is 45.3 Å². The fraction of sp³-hybridized carbons (Fsp3) is 0.286. The first-order valence-electron chi connectivity index (χ1n) is 9.36. The molecular weight excluding hydrogens is 406 g/mol. The Balaban J connectivity index is 1.87. The van der Waals surface area contributed by atoms with Gasteiger partial charge in [0, 0.05) is 24.7 Å². The molecule has 0 bridgehead atoms. The Morgan fingerprint density at radius 3 is 2.60 bits per heavy atom. The monoisotopic (exact) mass is 429 g/mol. The number of amides is 2. The van der Waals surface area contributed by atoms with Crippen molar-refractivity contribution in [2.45, 2.75) is 13.0 Å². The molecule has 1 aromatic heterocycles. The van der Waals surface area contributed by atoms with E-state index in [-0.39, 0.29) is 24.5 Å². The molecule has 1 aliphatic heterocycles. The number of urea groups is 1. The number of nitrogens with one attached hydrogen (secondary N) is 2. The maximum Gasteiger partial charge on any atom is 0.338 e. The molecular formula is C21H23N3O5S. The van der Waals surface area contributed by atoms with E-state index in [0.717, 1.165) is 10.6 Å². The van der Waals surface area contributed by atoms with E-state index in [1.807, 2.05) is 42.6 Å². The number of ether oxygens (including phenoxy) is 2. The zero-order chi connectivity index (χ0) is 21.7. The number of nitrogens with zero attached hydrogens (tertiary/aromatic N) is 1. The Morgan fingerprint density at radius 2 is 1.93 bits per heavy atom. The summed E-state index contributed by atoms with van der Waals surface area (Å²) in [6.45, 7) is 1.61. The Bertz CT molecular complexity index is 969. The van der Waals surface area contributed by atoms with Crippen LogP contribution in [0, 0.1) is 0 Å². The number of carbonyl (C=O) groups is 3. The summed E-state index contributed by atoms with van der Waals surface area (Å²) in [4.78, 5) is 40.0. The normalized spacial score (nSPS) is 15.8. The summed E-state index contributed by atoms with van der Waals surface area (Å²) in [6.07, 6.45) is 0. The largest absolute Gasteiger partial charge is 0.463 e. The van der Waals surface area contributed by atoms with Gasteiger partial charge in [-0.15, -0.1) is 11.3 Å². The smallest absolute Gasteiger partial charge is 0.338 e. The van der Waals surface area contributed by atoms with Gasteiger partial charge in [-0.25, -0.2) is 14.4 Å². The molecule has 1 aromatic carbocycles. The summed E-state index contributed by atoms with van der Waals surface area (Å²) >= 11 is 1.40. The molecule has 1 unspecified atom stereocenters. The van der Waals surface area contributed by atoms with Crippen molar-refractivity contribution < 1.29 is 23.9 Å². The molecule has 2 amide bonds. The average molecular weight is 429 g/mol. The van der Waals surface area contributed by atoms with E-state index in [0.29, 0.717) is 5.56 Å². The van der Waals surface area contributed by atoms with Crippen molar-refractivity contribution in [1.29, 1.82) is 0 Å². The van der Waals surface area contributed by atoms with E-state index < -0.39 is 24.0 Å². The SMILES string of the molecule is CCOC(=O)C1=C(COC(=O)c2cccc(N(C)C)c2)NC(=O)NC1c1cccs1. The number of carbonyl (C=O) groups excluding carboxylic acids is 3. The molecule has 2 N–H and O–H groups in total. The third kappa shape index (κ3) is 4.80. The highest BCUT2D eigenvalue weighted by Crippen LogP contribution is 2.30. The van der Waals surface area contributed by atoms with Crippen LogP contribution in [0.25, 0.3) is 0 Å². The minimum atomic E-state index is -0.677. The van der Waals surface area contributed by atoms with Gasteiger partial charge in [0.05, 0.1) is 29.5 Å². The fourth-order valence-electron chi connectivity index (χ4n) is 2.98. The minimum Gasteiger partial charge on any atom is -0.463 e. The summed E-state index contributed by atoms with van der Waals surface area (Å²) in [7, 11) is 3.74. The van der Waals surface area contributed by atoms with Gasteiger partial charge >= 0.3 is 18.0 Å². The van der Waals surface area contributed by atoms with Gasteiger partial charge < -0.3 is 25.0 Å². The minimum absolute atomic E-state index is 0.178.